The van der Waals surface area contributed by atoms with Crippen molar-refractivity contribution in [1.29, 1.82) is 0 Å². The summed E-state index contributed by atoms with van der Waals surface area (Å²) in [6.45, 7) is 2.99. The number of carbonyl (C=O) groups is 3. The van der Waals surface area contributed by atoms with Gasteiger partial charge >= 0.3 is 0 Å². The lowest BCUT2D eigenvalue weighted by molar-refractivity contribution is -0.164. The monoisotopic (exact) mass is 394 g/mol. The van der Waals surface area contributed by atoms with E-state index >= 15 is 0 Å². The van der Waals surface area contributed by atoms with Gasteiger partial charge in [0.1, 0.15) is 12.2 Å². The first-order valence-corrected chi connectivity index (χ1v) is 10.0. The fourth-order valence-electron chi connectivity index (χ4n) is 3.57. The van der Waals surface area contributed by atoms with Crippen molar-refractivity contribution < 1.29 is 22.8 Å². The van der Waals surface area contributed by atoms with Crippen molar-refractivity contribution in [1.82, 2.24) is 14.1 Å². The zero-order chi connectivity index (χ0) is 19.9. The summed E-state index contributed by atoms with van der Waals surface area (Å²) >= 11 is 0. The summed E-state index contributed by atoms with van der Waals surface area (Å²) in [5.74, 6) is -1.40. The Morgan fingerprint density at radius 2 is 1.85 bits per heavy atom. The van der Waals surface area contributed by atoms with Crippen LogP contribution in [-0.4, -0.2) is 72.1 Å². The lowest BCUT2D eigenvalue weighted by atomic mass is 10.1. The molecule has 146 valence electrons. The van der Waals surface area contributed by atoms with Crippen LogP contribution < -0.4 is 5.73 Å². The van der Waals surface area contributed by atoms with Gasteiger partial charge in [0.2, 0.25) is 27.7 Å². The number of rotatable bonds is 4. The van der Waals surface area contributed by atoms with Gasteiger partial charge in [0.15, 0.2) is 0 Å². The first kappa shape index (κ1) is 19.3. The average Bonchev–Trinajstić information content (AvgIpc) is 2.59. The highest BCUT2D eigenvalue weighted by Gasteiger charge is 2.49. The van der Waals surface area contributed by atoms with Crippen molar-refractivity contribution >= 4 is 27.7 Å². The molecule has 1 aromatic rings. The lowest BCUT2D eigenvalue weighted by Gasteiger charge is -2.50. The number of hydrogen-bond donors (Lipinski definition) is 1. The van der Waals surface area contributed by atoms with Gasteiger partial charge in [0.25, 0.3) is 0 Å². The standard InChI is InChI=1S/C17H22N4O5S/c1-11-3-5-13(6-4-11)27(25,26)20-8-7-16(23)21-12(2)17(24)19(9-14(18)22)10-15(20)21/h3-6,12,15H,7-10H2,1-2H3,(H2,18,22)/t12-,15+/m0/s1. The summed E-state index contributed by atoms with van der Waals surface area (Å²) in [5, 5.41) is 0. The number of primary amides is 1. The van der Waals surface area contributed by atoms with Crippen LogP contribution in [0.2, 0.25) is 0 Å². The molecule has 0 aliphatic carbocycles. The third-order valence-electron chi connectivity index (χ3n) is 4.93. The second kappa shape index (κ2) is 6.93. The number of fused-ring (bicyclic) bond motifs is 1. The molecule has 9 nitrogen and oxygen atoms in total. The molecular weight excluding hydrogens is 372 g/mol. The quantitative estimate of drug-likeness (QED) is 0.721. The number of carbonyl (C=O) groups excluding carboxylic acids is 3. The summed E-state index contributed by atoms with van der Waals surface area (Å²) < 4.78 is 27.6. The first-order chi connectivity index (χ1) is 12.6. The van der Waals surface area contributed by atoms with E-state index in [0.717, 1.165) is 5.56 Å². The van der Waals surface area contributed by atoms with Crippen LogP contribution >= 0.6 is 0 Å². The van der Waals surface area contributed by atoms with Gasteiger partial charge < -0.3 is 15.5 Å². The predicted octanol–water partition coefficient (Wildman–Crippen LogP) is -0.740. The Labute approximate surface area is 157 Å². The summed E-state index contributed by atoms with van der Waals surface area (Å²) in [4.78, 5) is 38.8. The van der Waals surface area contributed by atoms with Gasteiger partial charge in [-0.15, -0.1) is 0 Å². The van der Waals surface area contributed by atoms with Crippen LogP contribution in [0, 0.1) is 6.92 Å². The number of nitrogens with two attached hydrogens (primary N) is 1. The molecule has 0 radical (unpaired) electrons. The smallest absolute Gasteiger partial charge is 0.245 e. The highest BCUT2D eigenvalue weighted by molar-refractivity contribution is 7.89. The summed E-state index contributed by atoms with van der Waals surface area (Å²) in [7, 11) is -3.88. The molecule has 0 saturated carbocycles. The summed E-state index contributed by atoms with van der Waals surface area (Å²) in [6, 6.07) is 5.57. The van der Waals surface area contributed by atoms with Crippen molar-refractivity contribution in [2.24, 2.45) is 5.73 Å². The molecule has 0 bridgehead atoms. The number of nitrogens with zero attached hydrogens (tertiary/aromatic N) is 3. The molecule has 0 aromatic heterocycles. The van der Waals surface area contributed by atoms with E-state index in [2.05, 4.69) is 0 Å². The molecule has 3 rings (SSSR count). The molecule has 2 N–H and O–H groups in total. The van der Waals surface area contributed by atoms with Crippen LogP contribution in [0.1, 0.15) is 18.9 Å². The molecular formula is C17H22N4O5S. The summed E-state index contributed by atoms with van der Waals surface area (Å²) in [5.41, 5.74) is 6.13. The lowest BCUT2D eigenvalue weighted by Crippen LogP contribution is -2.71. The van der Waals surface area contributed by atoms with E-state index in [1.54, 1.807) is 12.1 Å². The Hall–Kier alpha value is -2.46. The number of sulfonamides is 1. The number of hydrogen-bond acceptors (Lipinski definition) is 5. The minimum atomic E-state index is -3.88. The van der Waals surface area contributed by atoms with Gasteiger partial charge in [-0.1, -0.05) is 17.7 Å². The second-order valence-corrected chi connectivity index (χ2v) is 8.71. The maximum atomic E-state index is 13.2. The Morgan fingerprint density at radius 1 is 1.22 bits per heavy atom. The highest BCUT2D eigenvalue weighted by atomic mass is 32.2. The SMILES string of the molecule is Cc1ccc(S(=O)(=O)N2CCC(=O)N3[C@@H](C)C(=O)N(CC(N)=O)C[C@@H]32)cc1. The van der Waals surface area contributed by atoms with Gasteiger partial charge in [-0.05, 0) is 26.0 Å². The van der Waals surface area contributed by atoms with E-state index in [1.165, 1.54) is 33.2 Å². The van der Waals surface area contributed by atoms with Gasteiger partial charge in [-0.25, -0.2) is 8.42 Å². The summed E-state index contributed by atoms with van der Waals surface area (Å²) in [6.07, 6.45) is -0.876. The number of benzene rings is 1. The largest absolute Gasteiger partial charge is 0.368 e. The van der Waals surface area contributed by atoms with Crippen molar-refractivity contribution in [3.05, 3.63) is 29.8 Å². The Kier molecular flexibility index (Phi) is 4.96. The number of piperazine rings is 1. The molecule has 10 heteroatoms. The zero-order valence-corrected chi connectivity index (χ0v) is 16.0. The van der Waals surface area contributed by atoms with E-state index < -0.39 is 34.0 Å². The molecule has 2 saturated heterocycles. The van der Waals surface area contributed by atoms with Crippen molar-refractivity contribution in [2.45, 2.75) is 37.4 Å². The maximum absolute atomic E-state index is 13.2. The van der Waals surface area contributed by atoms with E-state index in [9.17, 15) is 22.8 Å². The normalized spacial score (nSPS) is 24.1. The average molecular weight is 394 g/mol. The van der Waals surface area contributed by atoms with Crippen LogP contribution in [-0.2, 0) is 24.4 Å². The molecule has 2 aliphatic rings. The van der Waals surface area contributed by atoms with Crippen LogP contribution in [0.25, 0.3) is 0 Å². The number of aryl methyl sites for hydroxylation is 1. The molecule has 27 heavy (non-hydrogen) atoms. The third-order valence-corrected chi connectivity index (χ3v) is 6.84. The van der Waals surface area contributed by atoms with Gasteiger partial charge in [-0.2, -0.15) is 4.31 Å². The molecule has 0 spiro atoms. The van der Waals surface area contributed by atoms with E-state index in [0.29, 0.717) is 0 Å². The third kappa shape index (κ3) is 3.42. The van der Waals surface area contributed by atoms with Crippen LogP contribution in [0.4, 0.5) is 0 Å². The first-order valence-electron chi connectivity index (χ1n) is 8.59. The van der Waals surface area contributed by atoms with Crippen molar-refractivity contribution in [3.8, 4) is 0 Å². The van der Waals surface area contributed by atoms with Crippen molar-refractivity contribution in [3.63, 3.8) is 0 Å². The Morgan fingerprint density at radius 3 is 2.44 bits per heavy atom. The Bertz CT molecular complexity index is 879. The van der Waals surface area contributed by atoms with Crippen LogP contribution in [0.15, 0.2) is 29.2 Å². The van der Waals surface area contributed by atoms with Crippen molar-refractivity contribution in [2.75, 3.05) is 19.6 Å². The maximum Gasteiger partial charge on any atom is 0.245 e. The van der Waals surface area contributed by atoms with Crippen LogP contribution in [0.5, 0.6) is 0 Å². The molecule has 2 heterocycles. The molecule has 1 aromatic carbocycles. The minimum Gasteiger partial charge on any atom is -0.368 e. The minimum absolute atomic E-state index is 0.00493. The fraction of sp³-hybridized carbons (Fsp3) is 0.471. The fourth-order valence-corrected chi connectivity index (χ4v) is 5.14. The van der Waals surface area contributed by atoms with E-state index in [4.69, 9.17) is 5.73 Å². The Balaban J connectivity index is 1.99. The molecule has 0 unspecified atom stereocenters. The topological polar surface area (TPSA) is 121 Å². The highest BCUT2D eigenvalue weighted by Crippen LogP contribution is 2.30. The molecule has 2 aliphatic heterocycles. The second-order valence-electron chi connectivity index (χ2n) is 6.82. The molecule has 2 fully saturated rings. The van der Waals surface area contributed by atoms with E-state index in [1.807, 2.05) is 6.92 Å². The van der Waals surface area contributed by atoms with Gasteiger partial charge in [0, 0.05) is 13.0 Å². The number of amides is 3. The van der Waals surface area contributed by atoms with E-state index in [-0.39, 0.29) is 36.9 Å². The van der Waals surface area contributed by atoms with Gasteiger partial charge in [-0.3, -0.25) is 14.4 Å². The van der Waals surface area contributed by atoms with Crippen LogP contribution in [0.3, 0.4) is 0 Å². The molecule has 2 atom stereocenters. The van der Waals surface area contributed by atoms with Gasteiger partial charge in [0.05, 0.1) is 18.0 Å². The predicted molar refractivity (Wildman–Crippen MR) is 95.6 cm³/mol. The molecule has 3 amide bonds. The zero-order valence-electron chi connectivity index (χ0n) is 15.2.